The van der Waals surface area contributed by atoms with Gasteiger partial charge < -0.3 is 40.4 Å². The van der Waals surface area contributed by atoms with Gasteiger partial charge in [0, 0.05) is 18.1 Å². The van der Waals surface area contributed by atoms with E-state index in [-0.39, 0.29) is 84.4 Å². The molecule has 2 aromatic rings. The molecule has 320 valence electrons. The van der Waals surface area contributed by atoms with E-state index in [9.17, 15) is 29.4 Å². The summed E-state index contributed by atoms with van der Waals surface area (Å²) in [4.78, 5) is 55.1. The van der Waals surface area contributed by atoms with Crippen molar-refractivity contribution in [1.82, 2.24) is 36.8 Å². The summed E-state index contributed by atoms with van der Waals surface area (Å²) in [6.45, 7) is 13.6. The quantitative estimate of drug-likeness (QED) is 0.0408. The summed E-state index contributed by atoms with van der Waals surface area (Å²) in [7, 11) is 0. The third-order valence-corrected chi connectivity index (χ3v) is 11.1. The Kier molecular flexibility index (Phi) is 11.7. The van der Waals surface area contributed by atoms with Gasteiger partial charge in [-0.25, -0.2) is 14.7 Å². The van der Waals surface area contributed by atoms with Crippen molar-refractivity contribution in [1.29, 1.82) is 0 Å². The lowest BCUT2D eigenvalue weighted by Crippen LogP contribution is -2.92. The van der Waals surface area contributed by atoms with E-state index in [1.165, 1.54) is 16.7 Å². The van der Waals surface area contributed by atoms with Gasteiger partial charge in [-0.1, -0.05) is 60.6 Å². The molecular weight excluding hydrogens is 766 g/mol. The van der Waals surface area contributed by atoms with Gasteiger partial charge in [-0.05, 0) is 35.3 Å². The minimum absolute atomic E-state index is 0.0267. The normalized spacial score (nSPS) is 24.2. The Balaban J connectivity index is 1.05. The van der Waals surface area contributed by atoms with Crippen LogP contribution in [-0.4, -0.2) is 129 Å². The zero-order valence-corrected chi connectivity index (χ0v) is 34.5. The fraction of sp³-hybridized carbons (Fsp3) is 0.590. The van der Waals surface area contributed by atoms with Crippen LogP contribution in [0.1, 0.15) is 87.7 Å². The molecule has 0 bridgehead atoms. The van der Waals surface area contributed by atoms with Gasteiger partial charge in [0.1, 0.15) is 37.1 Å². The highest BCUT2D eigenvalue weighted by Gasteiger charge is 2.78. The Labute approximate surface area is 341 Å². The van der Waals surface area contributed by atoms with Gasteiger partial charge in [0.05, 0.1) is 25.3 Å². The number of nitrogens with two attached hydrogens (primary N) is 2. The second-order valence-corrected chi connectivity index (χ2v) is 17.6. The second-order valence-electron chi connectivity index (χ2n) is 17.6. The number of guanidine groups is 2. The van der Waals surface area contributed by atoms with Crippen LogP contribution in [-0.2, 0) is 19.7 Å². The molecule has 0 saturated carbocycles. The predicted molar refractivity (Wildman–Crippen MR) is 211 cm³/mol. The molecule has 0 radical (unpaired) electrons. The number of benzene rings is 1. The fourth-order valence-corrected chi connectivity index (χ4v) is 7.99. The number of amides is 3. The smallest absolute Gasteiger partial charge is 0.347 e. The molecule has 20 nitrogen and oxygen atoms in total. The van der Waals surface area contributed by atoms with Gasteiger partial charge >= 0.3 is 17.9 Å². The molecule has 1 aromatic heterocycles. The third kappa shape index (κ3) is 8.54. The van der Waals surface area contributed by atoms with Gasteiger partial charge in [0.2, 0.25) is 11.8 Å². The average molecular weight is 824 g/mol. The summed E-state index contributed by atoms with van der Waals surface area (Å²) in [6.07, 6.45) is 1.04. The number of hydrogen-bond acceptors (Lipinski definition) is 15. The molecule has 4 aliphatic rings. The Morgan fingerprint density at radius 1 is 1.08 bits per heavy atom. The number of nitrogens with zero attached hydrogens (tertiary/aromatic N) is 3. The minimum Gasteiger partial charge on any atom is -0.492 e. The SMILES string of the molecule is CC(C)[C@H](NC(=O)CC(C)(C)C)C(=O)OCCOc1ccc(C(=O)NC[C@@H]2NC(N)=[N+]3CC(NC(=O)c4cccc5c4OCCC5(C)C)C(O)(O)[C@@]34NC(N)=[NH+][C@@H]24)nn1. The highest BCUT2D eigenvalue weighted by molar-refractivity contribution is 5.98. The average Bonchev–Trinajstić information content (AvgIpc) is 3.63. The van der Waals surface area contributed by atoms with Crippen molar-refractivity contribution in [2.24, 2.45) is 22.8 Å². The lowest BCUT2D eigenvalue weighted by molar-refractivity contribution is -0.674. The minimum atomic E-state index is -2.65. The molecule has 5 heterocycles. The van der Waals surface area contributed by atoms with Crippen LogP contribution in [0.3, 0.4) is 0 Å². The topological polar surface area (TPSA) is 291 Å². The number of esters is 1. The highest BCUT2D eigenvalue weighted by atomic mass is 16.6. The van der Waals surface area contributed by atoms with E-state index in [1.807, 2.05) is 40.7 Å². The first kappa shape index (κ1) is 42.8. The van der Waals surface area contributed by atoms with Crippen LogP contribution in [0.4, 0.5) is 0 Å². The van der Waals surface area contributed by atoms with E-state index in [1.54, 1.807) is 12.1 Å². The highest BCUT2D eigenvalue weighted by Crippen LogP contribution is 2.41. The van der Waals surface area contributed by atoms with E-state index < -0.39 is 53.4 Å². The largest absolute Gasteiger partial charge is 0.492 e. The second kappa shape index (κ2) is 16.1. The lowest BCUT2D eigenvalue weighted by Gasteiger charge is -2.41. The molecule has 4 aliphatic heterocycles. The van der Waals surface area contributed by atoms with Crippen LogP contribution in [0.15, 0.2) is 30.3 Å². The summed E-state index contributed by atoms with van der Waals surface area (Å²) < 4.78 is 18.3. The predicted octanol–water partition coefficient (Wildman–Crippen LogP) is -3.38. The molecule has 1 aromatic carbocycles. The maximum absolute atomic E-state index is 13.8. The maximum atomic E-state index is 13.8. The van der Waals surface area contributed by atoms with Crippen molar-refractivity contribution in [2.75, 3.05) is 32.9 Å². The number of para-hydroxylation sites is 1. The molecule has 1 saturated heterocycles. The standard InChI is InChI=1S/C39H55N11O9/c1-20(2)28(45-26(51)17-36(3,4)5)33(54)59-16-15-57-27-12-11-23(48-49-27)32(53)42-18-24-30-38(47-34(40)46-30)39(55,56)25(19-50(38)35(41)43-24)44-31(52)21-9-8-10-22-29(21)58-14-13-37(22,6)7/h8-12,20,24-25,28,30,55-56H,13-19H2,1-7H3,(H8,40,41,42,43,44,45,46,47,51,52,53)/p+2/t24-,25?,28-,30-,38-/m0/s1. The number of carbonyl (C=O) groups excluding carboxylic acids is 4. The summed E-state index contributed by atoms with van der Waals surface area (Å²) in [6, 6.07) is 4.43. The molecule has 0 aliphatic carbocycles. The number of fused-ring (bicyclic) bond motifs is 1. The summed E-state index contributed by atoms with van der Waals surface area (Å²) in [5.74, 6) is -4.21. The summed E-state index contributed by atoms with van der Waals surface area (Å²) in [5, 5.41) is 46.1. The van der Waals surface area contributed by atoms with Crippen molar-refractivity contribution < 1.29 is 53.2 Å². The van der Waals surface area contributed by atoms with E-state index >= 15 is 0 Å². The van der Waals surface area contributed by atoms with Gasteiger partial charge in [-0.15, -0.1) is 10.2 Å². The number of nitrogens with one attached hydrogen (secondary N) is 6. The Morgan fingerprint density at radius 3 is 2.51 bits per heavy atom. The van der Waals surface area contributed by atoms with Crippen molar-refractivity contribution in [3.05, 3.63) is 47.2 Å². The number of hydrogen-bond donors (Lipinski definition) is 10. The molecule has 1 spiro atoms. The Morgan fingerprint density at radius 2 is 1.83 bits per heavy atom. The van der Waals surface area contributed by atoms with Crippen LogP contribution in [0.5, 0.6) is 11.6 Å². The van der Waals surface area contributed by atoms with Gasteiger partial charge in [0.15, 0.2) is 11.7 Å². The zero-order valence-electron chi connectivity index (χ0n) is 34.5. The van der Waals surface area contributed by atoms with Crippen LogP contribution < -0.4 is 52.5 Å². The lowest BCUT2D eigenvalue weighted by atomic mass is 9.79. The third-order valence-electron chi connectivity index (χ3n) is 11.1. The van der Waals surface area contributed by atoms with Crippen molar-refractivity contribution in [2.45, 2.75) is 102 Å². The molecular formula is C39H57N11O9+2. The first-order chi connectivity index (χ1) is 27.6. The molecule has 3 amide bonds. The van der Waals surface area contributed by atoms with Crippen LogP contribution >= 0.6 is 0 Å². The first-order valence-corrected chi connectivity index (χ1v) is 19.7. The molecule has 12 N–H and O–H groups in total. The van der Waals surface area contributed by atoms with Gasteiger partial charge in [0.25, 0.3) is 23.3 Å². The summed E-state index contributed by atoms with van der Waals surface area (Å²) in [5.41, 5.74) is 11.6. The molecule has 20 heteroatoms. The van der Waals surface area contributed by atoms with Crippen molar-refractivity contribution in [3.8, 4) is 11.6 Å². The van der Waals surface area contributed by atoms with Gasteiger partial charge in [-0.2, -0.15) is 0 Å². The number of aromatic nitrogens is 2. The van der Waals surface area contributed by atoms with Crippen molar-refractivity contribution in [3.63, 3.8) is 0 Å². The number of carbonyl (C=O) groups is 4. The molecule has 6 rings (SSSR count). The Hall–Kier alpha value is -5.76. The van der Waals surface area contributed by atoms with Crippen molar-refractivity contribution >= 4 is 35.6 Å². The first-order valence-electron chi connectivity index (χ1n) is 19.7. The maximum Gasteiger partial charge on any atom is 0.347 e. The van der Waals surface area contributed by atoms with Crippen LogP contribution in [0, 0.1) is 11.3 Å². The monoisotopic (exact) mass is 823 g/mol. The number of rotatable bonds is 13. The molecule has 1 fully saturated rings. The zero-order chi connectivity index (χ0) is 43.1. The van der Waals surface area contributed by atoms with E-state index in [4.69, 9.17) is 25.7 Å². The molecule has 59 heavy (non-hydrogen) atoms. The number of aliphatic hydroxyl groups is 2. The van der Waals surface area contributed by atoms with Crippen LogP contribution in [0.25, 0.3) is 0 Å². The Bertz CT molecular complexity index is 2030. The van der Waals surface area contributed by atoms with Crippen LogP contribution in [0.2, 0.25) is 0 Å². The van der Waals surface area contributed by atoms with E-state index in [0.717, 1.165) is 12.0 Å². The van der Waals surface area contributed by atoms with E-state index in [0.29, 0.717) is 12.4 Å². The molecule has 5 atom stereocenters. The van der Waals surface area contributed by atoms with E-state index in [2.05, 4.69) is 55.6 Å². The van der Waals surface area contributed by atoms with Gasteiger partial charge in [-0.3, -0.25) is 36.2 Å². The fourth-order valence-electron chi connectivity index (χ4n) is 7.99. The summed E-state index contributed by atoms with van der Waals surface area (Å²) >= 11 is 0. The number of ether oxygens (including phenoxy) is 3. The molecule has 1 unspecified atom stereocenters.